The van der Waals surface area contributed by atoms with E-state index in [-0.39, 0.29) is 5.60 Å². The van der Waals surface area contributed by atoms with Crippen LogP contribution in [0.3, 0.4) is 0 Å². The summed E-state index contributed by atoms with van der Waals surface area (Å²) in [5, 5.41) is 10.9. The van der Waals surface area contributed by atoms with Gasteiger partial charge in [-0.3, -0.25) is 0 Å². The molecule has 1 N–H and O–H groups in total. The lowest BCUT2D eigenvalue weighted by Gasteiger charge is -2.37. The molecule has 2 rings (SSSR count). The Morgan fingerprint density at radius 1 is 1.05 bits per heavy atom. The quantitative estimate of drug-likeness (QED) is 0.762. The van der Waals surface area contributed by atoms with Crippen LogP contribution in [0, 0.1) is 0 Å². The fourth-order valence-electron chi connectivity index (χ4n) is 3.57. The van der Waals surface area contributed by atoms with E-state index < -0.39 is 6.10 Å². The standard InChI is InChI=1S/C19H30O2/c1-3-9-16-10-12-17(13-11-16)18(20)19(21-4-2)14-7-5-6-8-15-19/h10-13,18,20H,3-9,14-15H2,1-2H3. The fourth-order valence-corrected chi connectivity index (χ4v) is 3.57. The second-order valence-electron chi connectivity index (χ2n) is 6.31. The highest BCUT2D eigenvalue weighted by Crippen LogP contribution is 2.40. The average Bonchev–Trinajstić information content (AvgIpc) is 2.75. The maximum absolute atomic E-state index is 10.9. The normalized spacial score (nSPS) is 20.0. The highest BCUT2D eigenvalue weighted by atomic mass is 16.5. The van der Waals surface area contributed by atoms with Crippen LogP contribution in [0.15, 0.2) is 24.3 Å². The maximum Gasteiger partial charge on any atom is 0.108 e. The Morgan fingerprint density at radius 3 is 2.19 bits per heavy atom. The molecule has 1 fully saturated rings. The lowest BCUT2D eigenvalue weighted by molar-refractivity contribution is -0.131. The predicted octanol–water partition coefficient (Wildman–Crippen LogP) is 4.80. The van der Waals surface area contributed by atoms with Crippen molar-refractivity contribution < 1.29 is 9.84 Å². The van der Waals surface area contributed by atoms with Gasteiger partial charge in [0.2, 0.25) is 0 Å². The Labute approximate surface area is 129 Å². The minimum Gasteiger partial charge on any atom is -0.385 e. The summed E-state index contributed by atoms with van der Waals surface area (Å²) in [6.07, 6.45) is 8.53. The van der Waals surface area contributed by atoms with Crippen LogP contribution in [0.25, 0.3) is 0 Å². The van der Waals surface area contributed by atoms with Gasteiger partial charge in [-0.25, -0.2) is 0 Å². The average molecular weight is 290 g/mol. The summed E-state index contributed by atoms with van der Waals surface area (Å²) in [4.78, 5) is 0. The molecule has 0 heterocycles. The molecule has 2 nitrogen and oxygen atoms in total. The van der Waals surface area contributed by atoms with Gasteiger partial charge >= 0.3 is 0 Å². The van der Waals surface area contributed by atoms with Crippen LogP contribution < -0.4 is 0 Å². The molecule has 0 spiro atoms. The van der Waals surface area contributed by atoms with Crippen LogP contribution in [-0.2, 0) is 11.2 Å². The van der Waals surface area contributed by atoms with Gasteiger partial charge in [0.25, 0.3) is 0 Å². The van der Waals surface area contributed by atoms with E-state index in [9.17, 15) is 5.11 Å². The molecule has 2 heteroatoms. The smallest absolute Gasteiger partial charge is 0.108 e. The van der Waals surface area contributed by atoms with E-state index in [4.69, 9.17) is 4.74 Å². The van der Waals surface area contributed by atoms with Crippen molar-refractivity contribution in [1.82, 2.24) is 0 Å². The molecule has 21 heavy (non-hydrogen) atoms. The molecule has 1 saturated carbocycles. The number of aliphatic hydroxyl groups is 1. The molecule has 1 aromatic carbocycles. The van der Waals surface area contributed by atoms with Gasteiger partial charge in [0.15, 0.2) is 0 Å². The molecule has 0 amide bonds. The number of hydrogen-bond donors (Lipinski definition) is 1. The van der Waals surface area contributed by atoms with E-state index in [1.807, 2.05) is 6.92 Å². The van der Waals surface area contributed by atoms with Crippen LogP contribution in [0.4, 0.5) is 0 Å². The van der Waals surface area contributed by atoms with Gasteiger partial charge in [-0.2, -0.15) is 0 Å². The second-order valence-corrected chi connectivity index (χ2v) is 6.31. The van der Waals surface area contributed by atoms with Crippen LogP contribution in [0.2, 0.25) is 0 Å². The number of hydrogen-bond acceptors (Lipinski definition) is 2. The van der Waals surface area contributed by atoms with Gasteiger partial charge in [0.1, 0.15) is 6.10 Å². The first-order chi connectivity index (χ1) is 10.2. The molecule has 1 aromatic rings. The van der Waals surface area contributed by atoms with E-state index in [2.05, 4.69) is 31.2 Å². The van der Waals surface area contributed by atoms with Crippen molar-refractivity contribution in [1.29, 1.82) is 0 Å². The van der Waals surface area contributed by atoms with Crippen LogP contribution in [0.1, 0.15) is 76.0 Å². The first-order valence-electron chi connectivity index (χ1n) is 8.62. The molecule has 0 bridgehead atoms. The zero-order chi connectivity index (χ0) is 15.1. The van der Waals surface area contributed by atoms with E-state index >= 15 is 0 Å². The third-order valence-electron chi connectivity index (χ3n) is 4.71. The Balaban J connectivity index is 2.18. The van der Waals surface area contributed by atoms with Crippen molar-refractivity contribution in [2.75, 3.05) is 6.61 Å². The number of rotatable bonds is 6. The van der Waals surface area contributed by atoms with Crippen molar-refractivity contribution >= 4 is 0 Å². The van der Waals surface area contributed by atoms with Crippen molar-refractivity contribution in [3.05, 3.63) is 35.4 Å². The van der Waals surface area contributed by atoms with Crippen molar-refractivity contribution in [2.45, 2.75) is 76.9 Å². The van der Waals surface area contributed by atoms with Gasteiger partial charge < -0.3 is 9.84 Å². The van der Waals surface area contributed by atoms with Crippen molar-refractivity contribution in [3.8, 4) is 0 Å². The minimum absolute atomic E-state index is 0.377. The molecule has 0 aromatic heterocycles. The molecular formula is C19H30O2. The number of benzene rings is 1. The molecule has 0 aliphatic heterocycles. The van der Waals surface area contributed by atoms with Gasteiger partial charge in [0, 0.05) is 6.61 Å². The van der Waals surface area contributed by atoms with E-state index in [0.717, 1.165) is 44.1 Å². The SMILES string of the molecule is CCCc1ccc(C(O)C2(OCC)CCCCCC2)cc1. The largest absolute Gasteiger partial charge is 0.385 e. The molecule has 0 saturated heterocycles. The molecule has 1 aliphatic carbocycles. The molecule has 1 aliphatic rings. The third kappa shape index (κ3) is 4.08. The van der Waals surface area contributed by atoms with Crippen molar-refractivity contribution in [2.24, 2.45) is 0 Å². The van der Waals surface area contributed by atoms with Gasteiger partial charge in [-0.05, 0) is 37.3 Å². The van der Waals surface area contributed by atoms with Crippen LogP contribution >= 0.6 is 0 Å². The third-order valence-corrected chi connectivity index (χ3v) is 4.71. The summed E-state index contributed by atoms with van der Waals surface area (Å²) in [6.45, 7) is 4.90. The topological polar surface area (TPSA) is 29.5 Å². The lowest BCUT2D eigenvalue weighted by Crippen LogP contribution is -2.39. The van der Waals surface area contributed by atoms with Gasteiger partial charge in [-0.15, -0.1) is 0 Å². The monoisotopic (exact) mass is 290 g/mol. The zero-order valence-corrected chi connectivity index (χ0v) is 13.6. The number of ether oxygens (including phenoxy) is 1. The second kappa shape index (κ2) is 7.95. The Hall–Kier alpha value is -0.860. The molecule has 118 valence electrons. The predicted molar refractivity (Wildman–Crippen MR) is 87.5 cm³/mol. The van der Waals surface area contributed by atoms with Gasteiger partial charge in [0.05, 0.1) is 5.60 Å². The lowest BCUT2D eigenvalue weighted by atomic mass is 9.84. The van der Waals surface area contributed by atoms with Crippen LogP contribution in [0.5, 0.6) is 0 Å². The Morgan fingerprint density at radius 2 is 1.67 bits per heavy atom. The van der Waals surface area contributed by atoms with E-state index in [0.29, 0.717) is 6.61 Å². The Kier molecular flexibility index (Phi) is 6.25. The number of aliphatic hydroxyl groups excluding tert-OH is 1. The summed E-state index contributed by atoms with van der Waals surface area (Å²) >= 11 is 0. The highest BCUT2D eigenvalue weighted by molar-refractivity contribution is 5.26. The van der Waals surface area contributed by atoms with E-state index in [1.165, 1.54) is 18.4 Å². The molecule has 0 radical (unpaired) electrons. The zero-order valence-electron chi connectivity index (χ0n) is 13.6. The first kappa shape index (κ1) is 16.5. The van der Waals surface area contributed by atoms with Crippen LogP contribution in [-0.4, -0.2) is 17.3 Å². The Bertz CT molecular complexity index is 402. The first-order valence-corrected chi connectivity index (χ1v) is 8.62. The molecule has 1 unspecified atom stereocenters. The maximum atomic E-state index is 10.9. The summed E-state index contributed by atoms with van der Waals surface area (Å²) in [5.74, 6) is 0. The number of aryl methyl sites for hydroxylation is 1. The van der Waals surface area contributed by atoms with Gasteiger partial charge in [-0.1, -0.05) is 63.3 Å². The fraction of sp³-hybridized carbons (Fsp3) is 0.684. The van der Waals surface area contributed by atoms with Crippen molar-refractivity contribution in [3.63, 3.8) is 0 Å². The molecular weight excluding hydrogens is 260 g/mol. The van der Waals surface area contributed by atoms with E-state index in [1.54, 1.807) is 0 Å². The molecule has 1 atom stereocenters. The summed E-state index contributed by atoms with van der Waals surface area (Å²) < 4.78 is 6.09. The highest BCUT2D eigenvalue weighted by Gasteiger charge is 2.39. The summed E-state index contributed by atoms with van der Waals surface area (Å²) in [7, 11) is 0. The summed E-state index contributed by atoms with van der Waals surface area (Å²) in [6, 6.07) is 8.47. The summed E-state index contributed by atoms with van der Waals surface area (Å²) in [5.41, 5.74) is 1.97. The minimum atomic E-state index is -0.508.